The van der Waals surface area contributed by atoms with Gasteiger partial charge in [-0.15, -0.1) is 0 Å². The van der Waals surface area contributed by atoms with Crippen LogP contribution in [-0.2, 0) is 0 Å². The van der Waals surface area contributed by atoms with E-state index >= 15 is 0 Å². The minimum Gasteiger partial charge on any atom is -0.310 e. The van der Waals surface area contributed by atoms with Gasteiger partial charge in [0.05, 0.1) is 0 Å². The number of rotatable bonds is 4. The van der Waals surface area contributed by atoms with E-state index in [1.807, 2.05) is 0 Å². The predicted molar refractivity (Wildman–Crippen MR) is 83.5 cm³/mol. The second-order valence-corrected chi connectivity index (χ2v) is 6.43. The van der Waals surface area contributed by atoms with Crippen molar-refractivity contribution < 1.29 is 0 Å². The van der Waals surface area contributed by atoms with Gasteiger partial charge in [0.25, 0.3) is 0 Å². The van der Waals surface area contributed by atoms with Crippen molar-refractivity contribution >= 4 is 0 Å². The highest BCUT2D eigenvalue weighted by Gasteiger charge is 2.28. The molecule has 0 spiro atoms. The highest BCUT2D eigenvalue weighted by Crippen LogP contribution is 2.38. The van der Waals surface area contributed by atoms with E-state index in [0.29, 0.717) is 6.04 Å². The number of hydrogen-bond acceptors (Lipinski definition) is 1. The molecule has 0 aromatic heterocycles. The van der Waals surface area contributed by atoms with Crippen LogP contribution in [0, 0.1) is 25.7 Å². The van der Waals surface area contributed by atoms with Gasteiger partial charge >= 0.3 is 0 Å². The third kappa shape index (κ3) is 3.60. The first-order valence-corrected chi connectivity index (χ1v) is 7.92. The molecule has 0 bridgehead atoms. The lowest BCUT2D eigenvalue weighted by Crippen LogP contribution is -2.31. The zero-order valence-corrected chi connectivity index (χ0v) is 13.0. The van der Waals surface area contributed by atoms with Gasteiger partial charge in [0, 0.05) is 6.04 Å². The Morgan fingerprint density at radius 1 is 1.26 bits per heavy atom. The molecule has 106 valence electrons. The summed E-state index contributed by atoms with van der Waals surface area (Å²) in [7, 11) is 0. The Hall–Kier alpha value is -0.820. The molecule has 0 aliphatic heterocycles. The van der Waals surface area contributed by atoms with Gasteiger partial charge in [0.2, 0.25) is 0 Å². The lowest BCUT2D eigenvalue weighted by Gasteiger charge is -2.35. The summed E-state index contributed by atoms with van der Waals surface area (Å²) < 4.78 is 0. The third-order valence-electron chi connectivity index (χ3n) is 4.64. The molecule has 2 rings (SSSR count). The zero-order valence-electron chi connectivity index (χ0n) is 13.0. The van der Waals surface area contributed by atoms with Gasteiger partial charge in [-0.05, 0) is 56.2 Å². The topological polar surface area (TPSA) is 12.0 Å². The molecule has 0 heterocycles. The molecule has 0 amide bonds. The lowest BCUT2D eigenvalue weighted by molar-refractivity contribution is 0.225. The number of benzene rings is 1. The second-order valence-electron chi connectivity index (χ2n) is 6.43. The molecule has 1 saturated carbocycles. The quantitative estimate of drug-likeness (QED) is 0.820. The van der Waals surface area contributed by atoms with Crippen molar-refractivity contribution in [2.45, 2.75) is 59.4 Å². The molecule has 0 saturated heterocycles. The maximum absolute atomic E-state index is 3.76. The van der Waals surface area contributed by atoms with E-state index in [2.05, 4.69) is 51.2 Å². The molecule has 0 radical (unpaired) electrons. The maximum Gasteiger partial charge on any atom is 0.0351 e. The van der Waals surface area contributed by atoms with Crippen LogP contribution in [0.15, 0.2) is 18.2 Å². The van der Waals surface area contributed by atoms with E-state index in [9.17, 15) is 0 Å². The van der Waals surface area contributed by atoms with E-state index in [1.165, 1.54) is 42.4 Å². The highest BCUT2D eigenvalue weighted by molar-refractivity contribution is 5.33. The molecule has 3 unspecified atom stereocenters. The van der Waals surface area contributed by atoms with Crippen LogP contribution in [0.3, 0.4) is 0 Å². The van der Waals surface area contributed by atoms with Gasteiger partial charge in [-0.1, -0.05) is 50.5 Å². The van der Waals surface area contributed by atoms with Crippen LogP contribution in [-0.4, -0.2) is 6.54 Å². The van der Waals surface area contributed by atoms with E-state index in [1.54, 1.807) is 0 Å². The van der Waals surface area contributed by atoms with Crippen molar-refractivity contribution in [2.24, 2.45) is 11.8 Å². The monoisotopic (exact) mass is 259 g/mol. The third-order valence-corrected chi connectivity index (χ3v) is 4.64. The number of hydrogen-bond donors (Lipinski definition) is 1. The molecule has 1 aliphatic rings. The Kier molecular flexibility index (Phi) is 5.04. The van der Waals surface area contributed by atoms with Crippen molar-refractivity contribution in [2.75, 3.05) is 6.54 Å². The van der Waals surface area contributed by atoms with Crippen LogP contribution in [0.2, 0.25) is 0 Å². The maximum atomic E-state index is 3.76. The predicted octanol–water partition coefficient (Wildman–Crippen LogP) is 4.78. The summed E-state index contributed by atoms with van der Waals surface area (Å²) in [5, 5.41) is 3.76. The summed E-state index contributed by atoms with van der Waals surface area (Å²) >= 11 is 0. The molecular weight excluding hydrogens is 230 g/mol. The summed E-state index contributed by atoms with van der Waals surface area (Å²) in [5.41, 5.74) is 4.35. The lowest BCUT2D eigenvalue weighted by atomic mass is 9.76. The number of aryl methyl sites for hydroxylation is 2. The minimum absolute atomic E-state index is 0.549. The molecule has 1 aliphatic carbocycles. The van der Waals surface area contributed by atoms with Gasteiger partial charge < -0.3 is 5.32 Å². The van der Waals surface area contributed by atoms with Crippen LogP contribution in [0.25, 0.3) is 0 Å². The van der Waals surface area contributed by atoms with E-state index < -0.39 is 0 Å². The van der Waals surface area contributed by atoms with Crippen molar-refractivity contribution in [3.8, 4) is 0 Å². The first-order valence-electron chi connectivity index (χ1n) is 7.92. The summed E-state index contributed by atoms with van der Waals surface area (Å²) in [4.78, 5) is 0. The molecule has 3 atom stereocenters. The summed E-state index contributed by atoms with van der Waals surface area (Å²) in [5.74, 6) is 1.70. The van der Waals surface area contributed by atoms with Gasteiger partial charge in [-0.2, -0.15) is 0 Å². The second kappa shape index (κ2) is 6.56. The van der Waals surface area contributed by atoms with Crippen LogP contribution in [0.5, 0.6) is 0 Å². The standard InChI is InChI=1S/C18H29N/c1-5-19-18(16-8-6-7-13(2)11-16)17-12-14(3)9-10-15(17)4/h9-10,12-13,16,18-19H,5-8,11H2,1-4H3. The normalized spacial score (nSPS) is 25.3. The molecule has 1 fully saturated rings. The Morgan fingerprint density at radius 3 is 2.74 bits per heavy atom. The van der Waals surface area contributed by atoms with Crippen LogP contribution in [0.1, 0.15) is 62.3 Å². The molecule has 1 nitrogen and oxygen atoms in total. The smallest absolute Gasteiger partial charge is 0.0351 e. The number of nitrogens with one attached hydrogen (secondary N) is 1. The largest absolute Gasteiger partial charge is 0.310 e. The molecule has 1 N–H and O–H groups in total. The SMILES string of the molecule is CCNC(c1cc(C)ccc1C)C1CCCC(C)C1. The highest BCUT2D eigenvalue weighted by atomic mass is 14.9. The minimum atomic E-state index is 0.549. The summed E-state index contributed by atoms with van der Waals surface area (Å²) in [6.07, 6.45) is 5.58. The fourth-order valence-electron chi connectivity index (χ4n) is 3.63. The average molecular weight is 259 g/mol. The Labute approximate surface area is 118 Å². The Bertz CT molecular complexity index is 410. The van der Waals surface area contributed by atoms with Gasteiger partial charge in [0.1, 0.15) is 0 Å². The Morgan fingerprint density at radius 2 is 2.05 bits per heavy atom. The van der Waals surface area contributed by atoms with Crippen LogP contribution < -0.4 is 5.32 Å². The van der Waals surface area contributed by atoms with Crippen LogP contribution >= 0.6 is 0 Å². The van der Waals surface area contributed by atoms with Gasteiger partial charge in [-0.3, -0.25) is 0 Å². The fourth-order valence-corrected chi connectivity index (χ4v) is 3.63. The first kappa shape index (κ1) is 14.6. The molecule has 1 aromatic rings. The Balaban J connectivity index is 2.25. The zero-order chi connectivity index (χ0) is 13.8. The van der Waals surface area contributed by atoms with E-state index in [4.69, 9.17) is 0 Å². The van der Waals surface area contributed by atoms with Crippen molar-refractivity contribution in [3.63, 3.8) is 0 Å². The summed E-state index contributed by atoms with van der Waals surface area (Å²) in [6.45, 7) is 10.2. The van der Waals surface area contributed by atoms with E-state index in [-0.39, 0.29) is 0 Å². The van der Waals surface area contributed by atoms with E-state index in [0.717, 1.165) is 18.4 Å². The van der Waals surface area contributed by atoms with Gasteiger partial charge in [-0.25, -0.2) is 0 Å². The molecular formula is C18H29N. The first-order chi connectivity index (χ1) is 9.11. The molecule has 1 aromatic carbocycles. The van der Waals surface area contributed by atoms with Crippen molar-refractivity contribution in [1.82, 2.24) is 5.32 Å². The molecule has 1 heteroatoms. The van der Waals surface area contributed by atoms with Crippen LogP contribution in [0.4, 0.5) is 0 Å². The molecule has 19 heavy (non-hydrogen) atoms. The summed E-state index contributed by atoms with van der Waals surface area (Å²) in [6, 6.07) is 7.45. The fraction of sp³-hybridized carbons (Fsp3) is 0.667. The van der Waals surface area contributed by atoms with Gasteiger partial charge in [0.15, 0.2) is 0 Å². The average Bonchev–Trinajstić information content (AvgIpc) is 2.39. The van der Waals surface area contributed by atoms with Crippen molar-refractivity contribution in [1.29, 1.82) is 0 Å². The van der Waals surface area contributed by atoms with Crippen molar-refractivity contribution in [3.05, 3.63) is 34.9 Å².